The molecule has 1 aliphatic rings. The number of piperazine rings is 1. The van der Waals surface area contributed by atoms with Gasteiger partial charge in [-0.2, -0.15) is 0 Å². The number of benzene rings is 1. The van der Waals surface area contributed by atoms with Gasteiger partial charge in [0.05, 0.1) is 17.2 Å². The maximum atomic E-state index is 12.4. The lowest BCUT2D eigenvalue weighted by atomic mass is 10.2. The molecule has 0 saturated carbocycles. The minimum absolute atomic E-state index is 0.0850. The third-order valence-corrected chi connectivity index (χ3v) is 5.29. The molecule has 0 radical (unpaired) electrons. The number of likely N-dealkylation sites (N-methyl/N-ethyl adjacent to an activating group) is 1. The number of carbonyl (C=O) groups is 2. The fraction of sp³-hybridized carbons (Fsp3) is 0.524. The van der Waals surface area contributed by atoms with Gasteiger partial charge in [-0.3, -0.25) is 19.0 Å². The van der Waals surface area contributed by atoms with Crippen molar-refractivity contribution in [2.75, 3.05) is 52.9 Å². The maximum Gasteiger partial charge on any atom is 0.261 e. The van der Waals surface area contributed by atoms with E-state index in [4.69, 9.17) is 0 Å². The molecule has 0 aliphatic carbocycles. The third kappa shape index (κ3) is 6.36. The van der Waals surface area contributed by atoms with Crippen molar-refractivity contribution in [3.63, 3.8) is 0 Å². The topological polar surface area (TPSA) is 99.6 Å². The summed E-state index contributed by atoms with van der Waals surface area (Å²) in [4.78, 5) is 45.4. The minimum atomic E-state index is -0.322. The Hall–Kier alpha value is -2.78. The molecule has 0 unspecified atom stereocenters. The number of aromatic nitrogens is 2. The predicted molar refractivity (Wildman–Crippen MR) is 115 cm³/mol. The molecule has 1 saturated heterocycles. The molecule has 0 spiro atoms. The molecule has 3 rings (SSSR count). The van der Waals surface area contributed by atoms with Crippen molar-refractivity contribution < 1.29 is 9.59 Å². The standard InChI is InChI=1S/C21H30N6O3/c1-25-11-13-26(14-12-25)10-4-8-22-19(28)7-9-23-20(29)15-27-16-24-18-6-3-2-5-17(18)21(27)30/h2-3,5-6,16H,4,7-15H2,1H3,(H,22,28)(H,23,29). The van der Waals surface area contributed by atoms with Crippen molar-refractivity contribution in [1.29, 1.82) is 0 Å². The molecule has 30 heavy (non-hydrogen) atoms. The van der Waals surface area contributed by atoms with Crippen LogP contribution in [0.25, 0.3) is 10.9 Å². The van der Waals surface area contributed by atoms with Crippen molar-refractivity contribution in [2.24, 2.45) is 0 Å². The first-order valence-electron chi connectivity index (χ1n) is 10.4. The normalized spacial score (nSPS) is 15.2. The Kier molecular flexibility index (Phi) is 7.92. The van der Waals surface area contributed by atoms with Gasteiger partial charge in [0.2, 0.25) is 11.8 Å². The molecule has 0 atom stereocenters. The van der Waals surface area contributed by atoms with Gasteiger partial charge in [0.15, 0.2) is 0 Å². The van der Waals surface area contributed by atoms with Gasteiger partial charge in [-0.25, -0.2) is 4.98 Å². The van der Waals surface area contributed by atoms with E-state index in [0.717, 1.165) is 39.1 Å². The molecule has 2 aromatic rings. The lowest BCUT2D eigenvalue weighted by Crippen LogP contribution is -2.45. The molecule has 9 heteroatoms. The summed E-state index contributed by atoms with van der Waals surface area (Å²) in [5.74, 6) is -0.407. The summed E-state index contributed by atoms with van der Waals surface area (Å²) in [5, 5.41) is 6.05. The van der Waals surface area contributed by atoms with E-state index >= 15 is 0 Å². The fourth-order valence-corrected chi connectivity index (χ4v) is 3.44. The van der Waals surface area contributed by atoms with E-state index in [1.165, 1.54) is 10.9 Å². The molecule has 162 valence electrons. The molecule has 1 aromatic heterocycles. The molecule has 2 amide bonds. The molecular formula is C21H30N6O3. The second-order valence-electron chi connectivity index (χ2n) is 7.64. The van der Waals surface area contributed by atoms with E-state index in [-0.39, 0.29) is 36.9 Å². The smallest absolute Gasteiger partial charge is 0.261 e. The predicted octanol–water partition coefficient (Wildman–Crippen LogP) is -0.343. The largest absolute Gasteiger partial charge is 0.356 e. The highest BCUT2D eigenvalue weighted by Crippen LogP contribution is 2.04. The zero-order valence-corrected chi connectivity index (χ0v) is 17.5. The zero-order chi connectivity index (χ0) is 21.3. The third-order valence-electron chi connectivity index (χ3n) is 5.29. The maximum absolute atomic E-state index is 12.4. The molecule has 2 heterocycles. The van der Waals surface area contributed by atoms with Gasteiger partial charge < -0.3 is 20.4 Å². The van der Waals surface area contributed by atoms with Crippen LogP contribution in [0.3, 0.4) is 0 Å². The Bertz CT molecular complexity index is 920. The van der Waals surface area contributed by atoms with E-state index in [0.29, 0.717) is 17.4 Å². The van der Waals surface area contributed by atoms with Crippen LogP contribution in [0, 0.1) is 0 Å². The van der Waals surface area contributed by atoms with Crippen LogP contribution in [0.4, 0.5) is 0 Å². The molecule has 2 N–H and O–H groups in total. The van der Waals surface area contributed by atoms with Crippen molar-refractivity contribution >= 4 is 22.7 Å². The number of nitrogens with one attached hydrogen (secondary N) is 2. The number of amides is 2. The quantitative estimate of drug-likeness (QED) is 0.545. The van der Waals surface area contributed by atoms with Crippen LogP contribution in [0.2, 0.25) is 0 Å². The van der Waals surface area contributed by atoms with Crippen LogP contribution in [0.5, 0.6) is 0 Å². The van der Waals surface area contributed by atoms with E-state index in [1.807, 2.05) is 6.07 Å². The van der Waals surface area contributed by atoms with E-state index in [2.05, 4.69) is 32.5 Å². The Labute approximate surface area is 176 Å². The molecule has 1 aromatic carbocycles. The number of fused-ring (bicyclic) bond motifs is 1. The summed E-state index contributed by atoms with van der Waals surface area (Å²) < 4.78 is 1.27. The monoisotopic (exact) mass is 414 g/mol. The first-order valence-corrected chi connectivity index (χ1v) is 10.4. The molecule has 1 fully saturated rings. The van der Waals surface area contributed by atoms with Gasteiger partial charge >= 0.3 is 0 Å². The highest BCUT2D eigenvalue weighted by molar-refractivity contribution is 5.80. The Balaban J connectivity index is 1.31. The van der Waals surface area contributed by atoms with E-state index < -0.39 is 0 Å². The fourth-order valence-electron chi connectivity index (χ4n) is 3.44. The lowest BCUT2D eigenvalue weighted by molar-refractivity contribution is -0.122. The Morgan fingerprint density at radius 3 is 2.57 bits per heavy atom. The van der Waals surface area contributed by atoms with Gasteiger partial charge in [-0.1, -0.05) is 12.1 Å². The number of para-hydroxylation sites is 1. The van der Waals surface area contributed by atoms with Crippen molar-refractivity contribution in [3.05, 3.63) is 40.9 Å². The zero-order valence-electron chi connectivity index (χ0n) is 17.5. The SMILES string of the molecule is CN1CCN(CCCNC(=O)CCNC(=O)Cn2cnc3ccccc3c2=O)CC1. The summed E-state index contributed by atoms with van der Waals surface area (Å²) in [5.41, 5.74) is 0.345. The molecular weight excluding hydrogens is 384 g/mol. The van der Waals surface area contributed by atoms with Gasteiger partial charge in [0.1, 0.15) is 6.54 Å². The van der Waals surface area contributed by atoms with Crippen molar-refractivity contribution in [3.8, 4) is 0 Å². The summed E-state index contributed by atoms with van der Waals surface area (Å²) >= 11 is 0. The van der Waals surface area contributed by atoms with Gasteiger partial charge in [-0.05, 0) is 32.1 Å². The van der Waals surface area contributed by atoms with Crippen molar-refractivity contribution in [1.82, 2.24) is 30.0 Å². The average Bonchev–Trinajstić information content (AvgIpc) is 2.75. The van der Waals surface area contributed by atoms with Gasteiger partial charge in [0.25, 0.3) is 5.56 Å². The first-order chi connectivity index (χ1) is 14.5. The lowest BCUT2D eigenvalue weighted by Gasteiger charge is -2.32. The molecule has 0 bridgehead atoms. The first kappa shape index (κ1) is 21.9. The Morgan fingerprint density at radius 2 is 1.77 bits per heavy atom. The van der Waals surface area contributed by atoms with Crippen LogP contribution in [0.15, 0.2) is 35.4 Å². The Morgan fingerprint density at radius 1 is 1.03 bits per heavy atom. The highest BCUT2D eigenvalue weighted by Gasteiger charge is 2.13. The van der Waals surface area contributed by atoms with Crippen LogP contribution in [-0.4, -0.2) is 84.0 Å². The second kappa shape index (κ2) is 10.8. The molecule has 1 aliphatic heterocycles. The molecule has 9 nitrogen and oxygen atoms in total. The number of rotatable bonds is 9. The second-order valence-corrected chi connectivity index (χ2v) is 7.64. The van der Waals surface area contributed by atoms with Crippen LogP contribution < -0.4 is 16.2 Å². The van der Waals surface area contributed by atoms with Gasteiger partial charge in [-0.15, -0.1) is 0 Å². The summed E-state index contributed by atoms with van der Waals surface area (Å²) in [7, 11) is 2.13. The summed E-state index contributed by atoms with van der Waals surface area (Å²) in [6.07, 6.45) is 2.50. The number of hydrogen-bond donors (Lipinski definition) is 2. The van der Waals surface area contributed by atoms with Gasteiger partial charge in [0, 0.05) is 45.7 Å². The highest BCUT2D eigenvalue weighted by atomic mass is 16.2. The number of nitrogens with zero attached hydrogens (tertiary/aromatic N) is 4. The van der Waals surface area contributed by atoms with E-state index in [9.17, 15) is 14.4 Å². The number of carbonyl (C=O) groups excluding carboxylic acids is 2. The van der Waals surface area contributed by atoms with Crippen LogP contribution in [-0.2, 0) is 16.1 Å². The minimum Gasteiger partial charge on any atom is -0.356 e. The summed E-state index contributed by atoms with van der Waals surface area (Å²) in [6.45, 7) is 6.07. The number of hydrogen-bond acceptors (Lipinski definition) is 6. The van der Waals surface area contributed by atoms with Crippen LogP contribution in [0.1, 0.15) is 12.8 Å². The van der Waals surface area contributed by atoms with E-state index in [1.54, 1.807) is 18.2 Å². The van der Waals surface area contributed by atoms with Crippen LogP contribution >= 0.6 is 0 Å². The van der Waals surface area contributed by atoms with Crippen molar-refractivity contribution in [2.45, 2.75) is 19.4 Å². The summed E-state index contributed by atoms with van der Waals surface area (Å²) in [6, 6.07) is 7.01. The average molecular weight is 415 g/mol.